The summed E-state index contributed by atoms with van der Waals surface area (Å²) in [6.45, 7) is 1.68. The van der Waals surface area contributed by atoms with Gasteiger partial charge in [0.1, 0.15) is 17.5 Å². The van der Waals surface area contributed by atoms with Gasteiger partial charge in [0.05, 0.1) is 7.11 Å². The zero-order valence-electron chi connectivity index (χ0n) is 19.2. The van der Waals surface area contributed by atoms with E-state index in [0.717, 1.165) is 11.3 Å². The molecular formula is C26H24N4O5. The number of aromatic nitrogens is 2. The van der Waals surface area contributed by atoms with Gasteiger partial charge in [0.25, 0.3) is 11.8 Å². The summed E-state index contributed by atoms with van der Waals surface area (Å²) in [5.41, 5.74) is 1.78. The van der Waals surface area contributed by atoms with E-state index in [4.69, 9.17) is 13.9 Å². The highest BCUT2D eigenvalue weighted by Gasteiger charge is 2.17. The van der Waals surface area contributed by atoms with Crippen molar-refractivity contribution in [3.63, 3.8) is 0 Å². The summed E-state index contributed by atoms with van der Waals surface area (Å²) in [7, 11) is 1.60. The van der Waals surface area contributed by atoms with E-state index in [9.17, 15) is 9.59 Å². The highest BCUT2D eigenvalue weighted by atomic mass is 16.5. The fourth-order valence-corrected chi connectivity index (χ4v) is 3.16. The third kappa shape index (κ3) is 6.23. The maximum absolute atomic E-state index is 12.5. The molecule has 178 valence electrons. The second-order valence-electron chi connectivity index (χ2n) is 7.60. The molecule has 2 amide bonds. The number of anilines is 1. The van der Waals surface area contributed by atoms with E-state index < -0.39 is 6.04 Å². The van der Waals surface area contributed by atoms with E-state index in [1.54, 1.807) is 62.6 Å². The molecule has 4 rings (SSSR count). The molecule has 1 heterocycles. The molecule has 3 aromatic carbocycles. The first kappa shape index (κ1) is 23.5. The minimum Gasteiger partial charge on any atom is -0.497 e. The van der Waals surface area contributed by atoms with Gasteiger partial charge in [0.2, 0.25) is 11.8 Å². The van der Waals surface area contributed by atoms with E-state index in [1.807, 2.05) is 30.3 Å². The number of carbonyl (C=O) groups is 2. The van der Waals surface area contributed by atoms with E-state index in [1.165, 1.54) is 0 Å². The Balaban J connectivity index is 1.31. The fraction of sp³-hybridized carbons (Fsp3) is 0.154. The topological polar surface area (TPSA) is 116 Å². The van der Waals surface area contributed by atoms with Gasteiger partial charge >= 0.3 is 0 Å². The third-order valence-corrected chi connectivity index (χ3v) is 5.04. The van der Waals surface area contributed by atoms with Crippen LogP contribution in [0.1, 0.15) is 23.2 Å². The summed E-state index contributed by atoms with van der Waals surface area (Å²) in [6, 6.07) is 22.1. The Bertz CT molecular complexity index is 1290. The third-order valence-electron chi connectivity index (χ3n) is 5.04. The Kier molecular flexibility index (Phi) is 7.37. The van der Waals surface area contributed by atoms with Gasteiger partial charge in [-0.2, -0.15) is 0 Å². The van der Waals surface area contributed by atoms with E-state index in [2.05, 4.69) is 20.8 Å². The van der Waals surface area contributed by atoms with Crippen LogP contribution in [0.4, 0.5) is 5.69 Å². The van der Waals surface area contributed by atoms with Crippen LogP contribution in [0.15, 0.2) is 83.3 Å². The maximum Gasteiger partial charge on any atom is 0.254 e. The lowest BCUT2D eigenvalue weighted by Gasteiger charge is -2.14. The van der Waals surface area contributed by atoms with Crippen LogP contribution in [-0.4, -0.2) is 35.2 Å². The average molecular weight is 473 g/mol. The molecule has 2 N–H and O–H groups in total. The van der Waals surface area contributed by atoms with Gasteiger partial charge in [-0.25, -0.2) is 0 Å². The summed E-state index contributed by atoms with van der Waals surface area (Å²) in [6.07, 6.45) is 0. The number of ether oxygens (including phenoxy) is 2. The molecule has 0 radical (unpaired) electrons. The van der Waals surface area contributed by atoms with Gasteiger partial charge in [-0.1, -0.05) is 24.3 Å². The minimum atomic E-state index is -0.734. The molecule has 0 bridgehead atoms. The molecule has 35 heavy (non-hydrogen) atoms. The first-order valence-corrected chi connectivity index (χ1v) is 10.9. The van der Waals surface area contributed by atoms with Crippen molar-refractivity contribution >= 4 is 17.5 Å². The van der Waals surface area contributed by atoms with Crippen molar-refractivity contribution in [3.05, 3.63) is 90.3 Å². The average Bonchev–Trinajstić information content (AvgIpc) is 3.37. The van der Waals surface area contributed by atoms with Crippen molar-refractivity contribution in [1.82, 2.24) is 15.5 Å². The van der Waals surface area contributed by atoms with Crippen molar-refractivity contribution in [3.8, 4) is 23.0 Å². The van der Waals surface area contributed by atoms with E-state index in [-0.39, 0.29) is 18.4 Å². The van der Waals surface area contributed by atoms with Gasteiger partial charge < -0.3 is 24.5 Å². The Morgan fingerprint density at radius 2 is 1.71 bits per heavy atom. The molecular weight excluding hydrogens is 448 g/mol. The summed E-state index contributed by atoms with van der Waals surface area (Å²) in [4.78, 5) is 24.8. The molecule has 4 aromatic rings. The monoisotopic (exact) mass is 472 g/mol. The van der Waals surface area contributed by atoms with Crippen LogP contribution in [0, 0.1) is 0 Å². The van der Waals surface area contributed by atoms with Crippen molar-refractivity contribution in [2.45, 2.75) is 19.6 Å². The molecule has 0 aliphatic heterocycles. The lowest BCUT2D eigenvalue weighted by atomic mass is 10.2. The zero-order chi connectivity index (χ0) is 24.6. The molecule has 0 fully saturated rings. The Morgan fingerprint density at radius 3 is 2.46 bits per heavy atom. The number of methoxy groups -OCH3 is 1. The normalized spacial score (nSPS) is 11.4. The molecule has 0 spiro atoms. The van der Waals surface area contributed by atoms with E-state index >= 15 is 0 Å². The Morgan fingerprint density at radius 1 is 0.943 bits per heavy atom. The predicted molar refractivity (Wildman–Crippen MR) is 129 cm³/mol. The number of rotatable bonds is 9. The number of carbonyl (C=O) groups excluding carboxylic acids is 2. The highest BCUT2D eigenvalue weighted by Crippen LogP contribution is 2.22. The van der Waals surface area contributed by atoms with Crippen LogP contribution < -0.4 is 20.1 Å². The summed E-state index contributed by atoms with van der Waals surface area (Å²) in [5, 5.41) is 13.5. The number of hydrogen-bond donors (Lipinski definition) is 2. The lowest BCUT2D eigenvalue weighted by molar-refractivity contribution is -0.117. The lowest BCUT2D eigenvalue weighted by Crippen LogP contribution is -2.41. The Labute approximate surface area is 202 Å². The van der Waals surface area contributed by atoms with Crippen LogP contribution in [0.2, 0.25) is 0 Å². The molecule has 1 aromatic heterocycles. The highest BCUT2D eigenvalue weighted by molar-refractivity contribution is 6.01. The smallest absolute Gasteiger partial charge is 0.254 e. The van der Waals surface area contributed by atoms with Gasteiger partial charge in [0.15, 0.2) is 6.61 Å². The number of nitrogens with zero attached hydrogens (tertiary/aromatic N) is 2. The fourth-order valence-electron chi connectivity index (χ4n) is 3.16. The quantitative estimate of drug-likeness (QED) is 0.377. The van der Waals surface area contributed by atoms with Crippen molar-refractivity contribution in [2.75, 3.05) is 12.4 Å². The first-order chi connectivity index (χ1) is 17.0. The van der Waals surface area contributed by atoms with E-state index in [0.29, 0.717) is 28.8 Å². The first-order valence-electron chi connectivity index (χ1n) is 10.9. The number of benzene rings is 3. The van der Waals surface area contributed by atoms with Crippen LogP contribution >= 0.6 is 0 Å². The number of hydrogen-bond acceptors (Lipinski definition) is 7. The maximum atomic E-state index is 12.5. The summed E-state index contributed by atoms with van der Waals surface area (Å²) in [5.74, 6) is 1.25. The largest absolute Gasteiger partial charge is 0.497 e. The number of nitrogens with one attached hydrogen (secondary N) is 2. The standard InChI is InChI=1S/C26H24N4O5/c1-17(27-25(32)18-7-4-3-5-8-18)24(31)28-20-9-6-10-22(15-20)34-16-23-29-30-26(35-23)19-11-13-21(33-2)14-12-19/h3-15,17H,16H2,1-2H3,(H,27,32)(H,28,31)/t17-/m0/s1. The molecule has 0 unspecified atom stereocenters. The predicted octanol–water partition coefficient (Wildman–Crippen LogP) is 4.08. The summed E-state index contributed by atoms with van der Waals surface area (Å²) < 4.78 is 16.6. The molecule has 9 heteroatoms. The second kappa shape index (κ2) is 11.0. The molecule has 0 aliphatic rings. The minimum absolute atomic E-state index is 0.0596. The van der Waals surface area contributed by atoms with Gasteiger partial charge in [-0.3, -0.25) is 9.59 Å². The molecule has 0 saturated heterocycles. The van der Waals surface area contributed by atoms with Crippen molar-refractivity contribution < 1.29 is 23.5 Å². The Hall–Kier alpha value is -4.66. The SMILES string of the molecule is COc1ccc(-c2nnc(COc3cccc(NC(=O)[C@H](C)NC(=O)c4ccccc4)c3)o2)cc1. The molecule has 1 atom stereocenters. The zero-order valence-corrected chi connectivity index (χ0v) is 19.2. The van der Waals surface area contributed by atoms with Crippen LogP contribution in [0.25, 0.3) is 11.5 Å². The number of amides is 2. The summed E-state index contributed by atoms with van der Waals surface area (Å²) >= 11 is 0. The molecule has 0 saturated carbocycles. The van der Waals surface area contributed by atoms with Gasteiger partial charge in [0, 0.05) is 22.9 Å². The second-order valence-corrected chi connectivity index (χ2v) is 7.60. The molecule has 0 aliphatic carbocycles. The van der Waals surface area contributed by atoms with Crippen molar-refractivity contribution in [2.24, 2.45) is 0 Å². The van der Waals surface area contributed by atoms with Crippen LogP contribution in [0.3, 0.4) is 0 Å². The molecule has 9 nitrogen and oxygen atoms in total. The van der Waals surface area contributed by atoms with Crippen molar-refractivity contribution in [1.29, 1.82) is 0 Å². The van der Waals surface area contributed by atoms with Crippen LogP contribution in [-0.2, 0) is 11.4 Å². The van der Waals surface area contributed by atoms with Crippen LogP contribution in [0.5, 0.6) is 11.5 Å². The van der Waals surface area contributed by atoms with Gasteiger partial charge in [-0.05, 0) is 55.5 Å². The van der Waals surface area contributed by atoms with Gasteiger partial charge in [-0.15, -0.1) is 10.2 Å².